The first-order chi connectivity index (χ1) is 7.59. The van der Waals surface area contributed by atoms with E-state index in [0.717, 1.165) is 4.88 Å². The van der Waals surface area contributed by atoms with E-state index in [1.165, 1.54) is 17.4 Å². The number of aromatic nitrogens is 1. The van der Waals surface area contributed by atoms with Crippen LogP contribution in [0.5, 0.6) is 0 Å². The van der Waals surface area contributed by atoms with Gasteiger partial charge < -0.3 is 5.73 Å². The van der Waals surface area contributed by atoms with E-state index in [-0.39, 0.29) is 5.69 Å². The molecule has 6 heteroatoms. The van der Waals surface area contributed by atoms with E-state index in [4.69, 9.17) is 5.73 Å². The molecule has 0 spiro atoms. The third-order valence-corrected chi connectivity index (χ3v) is 2.97. The smallest absolute Gasteiger partial charge is 0.278 e. The highest BCUT2D eigenvalue weighted by Crippen LogP contribution is 2.34. The molecule has 0 atom stereocenters. The van der Waals surface area contributed by atoms with Crippen LogP contribution in [0.15, 0.2) is 24.3 Å². The summed E-state index contributed by atoms with van der Waals surface area (Å²) in [5.74, 6) is 0. The molecular weight excluding hydrogens is 226 g/mol. The van der Waals surface area contributed by atoms with Gasteiger partial charge in [0.05, 0.1) is 16.2 Å². The summed E-state index contributed by atoms with van der Waals surface area (Å²) in [6, 6.07) is 6.52. The van der Waals surface area contributed by atoms with Crippen molar-refractivity contribution >= 4 is 22.2 Å². The molecule has 1 aromatic carbocycles. The molecule has 0 aliphatic rings. The molecule has 0 fully saturated rings. The summed E-state index contributed by atoms with van der Waals surface area (Å²) in [6.07, 6.45) is 0. The highest BCUT2D eigenvalue weighted by atomic mass is 32.1. The zero-order valence-electron chi connectivity index (χ0n) is 8.51. The van der Waals surface area contributed by atoms with Crippen molar-refractivity contribution in [3.63, 3.8) is 0 Å². The second kappa shape index (κ2) is 3.90. The van der Waals surface area contributed by atoms with E-state index in [2.05, 4.69) is 4.98 Å². The standard InChI is InChI=1S/C10H9N3O2S/c1-6-9(12-10(11)16-6)7-4-2-3-5-8(7)13(14)15/h2-5H,1H3,(H2,11,12). The van der Waals surface area contributed by atoms with Gasteiger partial charge in [0.1, 0.15) is 0 Å². The SMILES string of the molecule is Cc1sc(N)nc1-c1ccccc1[N+](=O)[O-]. The minimum atomic E-state index is -0.412. The Hall–Kier alpha value is -1.95. The minimum absolute atomic E-state index is 0.0518. The molecule has 5 nitrogen and oxygen atoms in total. The molecular formula is C10H9N3O2S. The van der Waals surface area contributed by atoms with Gasteiger partial charge in [0.2, 0.25) is 0 Å². The van der Waals surface area contributed by atoms with Gasteiger partial charge in [0, 0.05) is 10.9 Å². The predicted molar refractivity (Wildman–Crippen MR) is 63.4 cm³/mol. The minimum Gasteiger partial charge on any atom is -0.375 e. The van der Waals surface area contributed by atoms with Crippen LogP contribution in [0.2, 0.25) is 0 Å². The topological polar surface area (TPSA) is 82.0 Å². The van der Waals surface area contributed by atoms with E-state index < -0.39 is 4.92 Å². The van der Waals surface area contributed by atoms with E-state index in [0.29, 0.717) is 16.4 Å². The summed E-state index contributed by atoms with van der Waals surface area (Å²) in [5, 5.41) is 11.3. The number of benzene rings is 1. The van der Waals surface area contributed by atoms with Gasteiger partial charge >= 0.3 is 0 Å². The molecule has 1 aromatic heterocycles. The van der Waals surface area contributed by atoms with Crippen LogP contribution in [0, 0.1) is 17.0 Å². The van der Waals surface area contributed by atoms with E-state index in [9.17, 15) is 10.1 Å². The zero-order chi connectivity index (χ0) is 11.7. The maximum absolute atomic E-state index is 10.9. The second-order valence-corrected chi connectivity index (χ2v) is 4.47. The fraction of sp³-hybridized carbons (Fsp3) is 0.100. The third kappa shape index (κ3) is 1.74. The van der Waals surface area contributed by atoms with Crippen LogP contribution < -0.4 is 5.73 Å². The lowest BCUT2D eigenvalue weighted by molar-refractivity contribution is -0.384. The Labute approximate surface area is 95.7 Å². The summed E-state index contributed by atoms with van der Waals surface area (Å²) < 4.78 is 0. The van der Waals surface area contributed by atoms with Crippen LogP contribution >= 0.6 is 11.3 Å². The van der Waals surface area contributed by atoms with Crippen molar-refractivity contribution in [2.45, 2.75) is 6.92 Å². The Kier molecular flexibility index (Phi) is 2.57. The van der Waals surface area contributed by atoms with Crippen molar-refractivity contribution in [1.29, 1.82) is 0 Å². The fourth-order valence-electron chi connectivity index (χ4n) is 1.50. The summed E-state index contributed by atoms with van der Waals surface area (Å²) in [5.41, 5.74) is 6.74. The molecule has 2 N–H and O–H groups in total. The normalized spacial score (nSPS) is 10.3. The molecule has 2 rings (SSSR count). The van der Waals surface area contributed by atoms with Crippen LogP contribution in [-0.2, 0) is 0 Å². The molecule has 0 bridgehead atoms. The number of nitrogens with zero attached hydrogens (tertiary/aromatic N) is 2. The van der Waals surface area contributed by atoms with Gasteiger partial charge in [-0.1, -0.05) is 12.1 Å². The Balaban J connectivity index is 2.64. The average Bonchev–Trinajstić information content (AvgIpc) is 2.57. The van der Waals surface area contributed by atoms with Gasteiger partial charge in [-0.15, -0.1) is 11.3 Å². The number of hydrogen-bond acceptors (Lipinski definition) is 5. The predicted octanol–water partition coefficient (Wildman–Crippen LogP) is 2.61. The van der Waals surface area contributed by atoms with Crippen LogP contribution in [0.1, 0.15) is 4.88 Å². The zero-order valence-corrected chi connectivity index (χ0v) is 9.32. The Morgan fingerprint density at radius 3 is 2.69 bits per heavy atom. The molecule has 2 aromatic rings. The number of nitrogen functional groups attached to an aromatic ring is 1. The molecule has 82 valence electrons. The second-order valence-electron chi connectivity index (χ2n) is 3.23. The van der Waals surface area contributed by atoms with Crippen molar-refractivity contribution in [3.05, 3.63) is 39.3 Å². The molecule has 0 amide bonds. The number of thiazole rings is 1. The number of hydrogen-bond donors (Lipinski definition) is 1. The lowest BCUT2D eigenvalue weighted by atomic mass is 10.1. The maximum atomic E-state index is 10.9. The Morgan fingerprint density at radius 1 is 1.44 bits per heavy atom. The number of nitro groups is 1. The number of nitrogens with two attached hydrogens (primary N) is 1. The molecule has 0 aliphatic carbocycles. The lowest BCUT2D eigenvalue weighted by Crippen LogP contribution is -1.92. The van der Waals surface area contributed by atoms with Gasteiger partial charge in [0.25, 0.3) is 5.69 Å². The van der Waals surface area contributed by atoms with Gasteiger partial charge in [-0.2, -0.15) is 0 Å². The Morgan fingerprint density at radius 2 is 2.12 bits per heavy atom. The quantitative estimate of drug-likeness (QED) is 0.640. The molecule has 0 unspecified atom stereocenters. The summed E-state index contributed by atoms with van der Waals surface area (Å²) in [4.78, 5) is 15.4. The monoisotopic (exact) mass is 235 g/mol. The third-order valence-electron chi connectivity index (χ3n) is 2.17. The summed E-state index contributed by atoms with van der Waals surface area (Å²) in [6.45, 7) is 1.85. The first kappa shape index (κ1) is 10.6. The number of nitro benzene ring substituents is 1. The van der Waals surface area contributed by atoms with Gasteiger partial charge in [0.15, 0.2) is 5.13 Å². The van der Waals surface area contributed by atoms with Crippen molar-refractivity contribution in [3.8, 4) is 11.3 Å². The van der Waals surface area contributed by atoms with Gasteiger partial charge in [-0.05, 0) is 13.0 Å². The van der Waals surface area contributed by atoms with Crippen LogP contribution in [-0.4, -0.2) is 9.91 Å². The van der Waals surface area contributed by atoms with Crippen LogP contribution in [0.25, 0.3) is 11.3 Å². The van der Waals surface area contributed by atoms with E-state index >= 15 is 0 Å². The van der Waals surface area contributed by atoms with Crippen molar-refractivity contribution in [2.24, 2.45) is 0 Å². The number of rotatable bonds is 2. The van der Waals surface area contributed by atoms with Crippen molar-refractivity contribution < 1.29 is 4.92 Å². The molecule has 0 saturated carbocycles. The van der Waals surface area contributed by atoms with Gasteiger partial charge in [-0.25, -0.2) is 4.98 Å². The van der Waals surface area contributed by atoms with Crippen LogP contribution in [0.3, 0.4) is 0 Å². The number of aryl methyl sites for hydroxylation is 1. The molecule has 0 aliphatic heterocycles. The highest BCUT2D eigenvalue weighted by Gasteiger charge is 2.18. The maximum Gasteiger partial charge on any atom is 0.278 e. The van der Waals surface area contributed by atoms with E-state index in [1.807, 2.05) is 6.92 Å². The summed E-state index contributed by atoms with van der Waals surface area (Å²) in [7, 11) is 0. The number of para-hydroxylation sites is 1. The Bertz CT molecular complexity index is 551. The molecule has 1 heterocycles. The van der Waals surface area contributed by atoms with Crippen LogP contribution in [0.4, 0.5) is 10.8 Å². The van der Waals surface area contributed by atoms with Gasteiger partial charge in [-0.3, -0.25) is 10.1 Å². The molecule has 0 radical (unpaired) electrons. The van der Waals surface area contributed by atoms with E-state index in [1.54, 1.807) is 18.2 Å². The largest absolute Gasteiger partial charge is 0.375 e. The first-order valence-electron chi connectivity index (χ1n) is 4.56. The average molecular weight is 235 g/mol. The fourth-order valence-corrected chi connectivity index (χ4v) is 2.20. The van der Waals surface area contributed by atoms with Crippen molar-refractivity contribution in [2.75, 3.05) is 5.73 Å². The first-order valence-corrected chi connectivity index (χ1v) is 5.38. The molecule has 16 heavy (non-hydrogen) atoms. The lowest BCUT2D eigenvalue weighted by Gasteiger charge is -1.99. The summed E-state index contributed by atoms with van der Waals surface area (Å²) >= 11 is 1.33. The highest BCUT2D eigenvalue weighted by molar-refractivity contribution is 7.15. The van der Waals surface area contributed by atoms with Crippen molar-refractivity contribution in [1.82, 2.24) is 4.98 Å². The molecule has 0 saturated heterocycles. The number of anilines is 1.